The zero-order valence-electron chi connectivity index (χ0n) is 13.2. The van der Waals surface area contributed by atoms with Crippen molar-refractivity contribution >= 4 is 28.2 Å². The number of anilines is 2. The standard InChI is InChI=1S/C21H21N/c1-4-17-12-14-19(15-13-17)22(16(2)3)21-11-7-9-18-8-5-6-10-20(18)21/h4-16H,1H2,2-3H3. The fourth-order valence-electron chi connectivity index (χ4n) is 2.90. The molecule has 0 aliphatic heterocycles. The summed E-state index contributed by atoms with van der Waals surface area (Å²) in [5, 5.41) is 2.56. The molecule has 3 aromatic carbocycles. The molecule has 0 saturated carbocycles. The Hall–Kier alpha value is -2.54. The van der Waals surface area contributed by atoms with E-state index in [2.05, 4.69) is 92.1 Å². The molecule has 0 aliphatic rings. The van der Waals surface area contributed by atoms with Gasteiger partial charge in [-0.2, -0.15) is 0 Å². The summed E-state index contributed by atoms with van der Waals surface area (Å²) >= 11 is 0. The lowest BCUT2D eigenvalue weighted by atomic mass is 10.1. The smallest absolute Gasteiger partial charge is 0.0492 e. The van der Waals surface area contributed by atoms with Crippen LogP contribution in [0.5, 0.6) is 0 Å². The third-order valence-electron chi connectivity index (χ3n) is 3.95. The summed E-state index contributed by atoms with van der Waals surface area (Å²) < 4.78 is 0. The second kappa shape index (κ2) is 6.07. The number of rotatable bonds is 4. The summed E-state index contributed by atoms with van der Waals surface area (Å²) in [6, 6.07) is 24.0. The van der Waals surface area contributed by atoms with Crippen LogP contribution in [-0.2, 0) is 0 Å². The normalized spacial score (nSPS) is 10.9. The molecule has 0 fully saturated rings. The zero-order chi connectivity index (χ0) is 15.5. The number of hydrogen-bond acceptors (Lipinski definition) is 1. The summed E-state index contributed by atoms with van der Waals surface area (Å²) in [4.78, 5) is 2.38. The Kier molecular flexibility index (Phi) is 3.97. The third kappa shape index (κ3) is 2.62. The molecule has 0 atom stereocenters. The van der Waals surface area contributed by atoms with Crippen molar-refractivity contribution in [2.24, 2.45) is 0 Å². The van der Waals surface area contributed by atoms with Crippen molar-refractivity contribution in [3.05, 3.63) is 78.9 Å². The van der Waals surface area contributed by atoms with Crippen LogP contribution in [0.1, 0.15) is 19.4 Å². The fraction of sp³-hybridized carbons (Fsp3) is 0.143. The number of fused-ring (bicyclic) bond motifs is 1. The van der Waals surface area contributed by atoms with Crippen LogP contribution in [0, 0.1) is 0 Å². The van der Waals surface area contributed by atoms with Crippen LogP contribution in [0.25, 0.3) is 16.8 Å². The zero-order valence-corrected chi connectivity index (χ0v) is 13.2. The van der Waals surface area contributed by atoms with Crippen LogP contribution in [0.3, 0.4) is 0 Å². The van der Waals surface area contributed by atoms with Gasteiger partial charge in [-0.3, -0.25) is 0 Å². The van der Waals surface area contributed by atoms with Crippen LogP contribution >= 0.6 is 0 Å². The van der Waals surface area contributed by atoms with Gasteiger partial charge in [0.2, 0.25) is 0 Å². The summed E-state index contributed by atoms with van der Waals surface area (Å²) in [6.07, 6.45) is 1.88. The van der Waals surface area contributed by atoms with E-state index in [-0.39, 0.29) is 0 Å². The maximum absolute atomic E-state index is 3.83. The number of hydrogen-bond donors (Lipinski definition) is 0. The van der Waals surface area contributed by atoms with Gasteiger partial charge in [0.05, 0.1) is 0 Å². The molecule has 0 saturated heterocycles. The van der Waals surface area contributed by atoms with Gasteiger partial charge in [-0.1, -0.05) is 61.2 Å². The molecule has 0 spiro atoms. The molecule has 0 aromatic heterocycles. The Morgan fingerprint density at radius 2 is 1.55 bits per heavy atom. The SMILES string of the molecule is C=Cc1ccc(N(c2cccc3ccccc23)C(C)C)cc1. The molecule has 0 aliphatic carbocycles. The van der Waals surface area contributed by atoms with Crippen molar-refractivity contribution in [2.75, 3.05) is 4.90 Å². The molecular weight excluding hydrogens is 266 g/mol. The van der Waals surface area contributed by atoms with E-state index in [1.54, 1.807) is 0 Å². The van der Waals surface area contributed by atoms with Gasteiger partial charge in [-0.05, 0) is 43.0 Å². The largest absolute Gasteiger partial charge is 0.338 e. The van der Waals surface area contributed by atoms with Crippen molar-refractivity contribution in [3.8, 4) is 0 Å². The second-order valence-electron chi connectivity index (χ2n) is 5.76. The predicted octanol–water partition coefficient (Wildman–Crippen LogP) is 6.03. The quantitative estimate of drug-likeness (QED) is 0.566. The van der Waals surface area contributed by atoms with Gasteiger partial charge in [0.25, 0.3) is 0 Å². The van der Waals surface area contributed by atoms with E-state index in [9.17, 15) is 0 Å². The molecule has 0 radical (unpaired) electrons. The summed E-state index contributed by atoms with van der Waals surface area (Å²) in [5.74, 6) is 0. The summed E-state index contributed by atoms with van der Waals surface area (Å²) in [6.45, 7) is 8.28. The molecule has 3 aromatic rings. The first-order chi connectivity index (χ1) is 10.7. The molecule has 22 heavy (non-hydrogen) atoms. The first-order valence-corrected chi connectivity index (χ1v) is 7.70. The van der Waals surface area contributed by atoms with Crippen molar-refractivity contribution in [1.29, 1.82) is 0 Å². The molecule has 1 heteroatoms. The number of nitrogens with zero attached hydrogens (tertiary/aromatic N) is 1. The van der Waals surface area contributed by atoms with E-state index < -0.39 is 0 Å². The lowest BCUT2D eigenvalue weighted by Crippen LogP contribution is -2.25. The topological polar surface area (TPSA) is 3.24 Å². The molecular formula is C21H21N. The van der Waals surface area contributed by atoms with Gasteiger partial charge < -0.3 is 4.90 Å². The molecule has 3 rings (SSSR count). The van der Waals surface area contributed by atoms with Crippen LogP contribution in [0.15, 0.2) is 73.3 Å². The predicted molar refractivity (Wildman–Crippen MR) is 97.8 cm³/mol. The van der Waals surface area contributed by atoms with Crippen LogP contribution in [0.4, 0.5) is 11.4 Å². The number of benzene rings is 3. The van der Waals surface area contributed by atoms with E-state index >= 15 is 0 Å². The Labute approximate surface area is 132 Å². The molecule has 0 bridgehead atoms. The minimum atomic E-state index is 0.375. The second-order valence-corrected chi connectivity index (χ2v) is 5.76. The van der Waals surface area contributed by atoms with Gasteiger partial charge in [0.1, 0.15) is 0 Å². The lowest BCUT2D eigenvalue weighted by Gasteiger charge is -2.30. The fourth-order valence-corrected chi connectivity index (χ4v) is 2.90. The van der Waals surface area contributed by atoms with E-state index in [0.29, 0.717) is 6.04 Å². The Bertz CT molecular complexity index is 779. The molecule has 0 heterocycles. The van der Waals surface area contributed by atoms with E-state index in [1.807, 2.05) is 6.08 Å². The minimum absolute atomic E-state index is 0.375. The maximum atomic E-state index is 3.83. The highest BCUT2D eigenvalue weighted by Gasteiger charge is 2.15. The van der Waals surface area contributed by atoms with Crippen LogP contribution in [-0.4, -0.2) is 6.04 Å². The summed E-state index contributed by atoms with van der Waals surface area (Å²) in [7, 11) is 0. The average molecular weight is 287 g/mol. The average Bonchev–Trinajstić information content (AvgIpc) is 2.56. The first-order valence-electron chi connectivity index (χ1n) is 7.70. The third-order valence-corrected chi connectivity index (χ3v) is 3.95. The molecule has 0 amide bonds. The van der Waals surface area contributed by atoms with Crippen molar-refractivity contribution < 1.29 is 0 Å². The van der Waals surface area contributed by atoms with Gasteiger partial charge >= 0.3 is 0 Å². The van der Waals surface area contributed by atoms with Crippen molar-refractivity contribution in [2.45, 2.75) is 19.9 Å². The van der Waals surface area contributed by atoms with Crippen molar-refractivity contribution in [1.82, 2.24) is 0 Å². The Balaban J connectivity index is 2.15. The molecule has 0 N–H and O–H groups in total. The van der Waals surface area contributed by atoms with Crippen molar-refractivity contribution in [3.63, 3.8) is 0 Å². The van der Waals surface area contributed by atoms with Gasteiger partial charge in [0, 0.05) is 22.8 Å². The Morgan fingerprint density at radius 3 is 2.23 bits per heavy atom. The molecule has 0 unspecified atom stereocenters. The lowest BCUT2D eigenvalue weighted by molar-refractivity contribution is 0.791. The monoisotopic (exact) mass is 287 g/mol. The summed E-state index contributed by atoms with van der Waals surface area (Å²) in [5.41, 5.74) is 3.60. The van der Waals surface area contributed by atoms with E-state index in [4.69, 9.17) is 0 Å². The van der Waals surface area contributed by atoms with E-state index in [1.165, 1.54) is 22.1 Å². The maximum Gasteiger partial charge on any atom is 0.0492 e. The highest BCUT2D eigenvalue weighted by Crippen LogP contribution is 2.34. The minimum Gasteiger partial charge on any atom is -0.338 e. The van der Waals surface area contributed by atoms with Gasteiger partial charge in [0.15, 0.2) is 0 Å². The molecule has 1 nitrogen and oxygen atoms in total. The first kappa shape index (κ1) is 14.4. The molecule has 110 valence electrons. The van der Waals surface area contributed by atoms with Gasteiger partial charge in [-0.25, -0.2) is 0 Å². The van der Waals surface area contributed by atoms with Crippen LogP contribution < -0.4 is 4.90 Å². The van der Waals surface area contributed by atoms with Gasteiger partial charge in [-0.15, -0.1) is 0 Å². The van der Waals surface area contributed by atoms with E-state index in [0.717, 1.165) is 5.56 Å². The Morgan fingerprint density at radius 1 is 0.864 bits per heavy atom. The highest BCUT2D eigenvalue weighted by molar-refractivity contribution is 5.96. The van der Waals surface area contributed by atoms with Crippen LogP contribution in [0.2, 0.25) is 0 Å². The highest BCUT2D eigenvalue weighted by atomic mass is 15.2.